The number of thiol groups is 1. The van der Waals surface area contributed by atoms with Crippen LogP contribution >= 0.6 is 12.6 Å². The largest absolute Gasteiger partial charge is 0.256 e. The molecular formula is C15H17NS. The maximum Gasteiger partial charge on any atom is 0.0716 e. The van der Waals surface area contributed by atoms with Crippen molar-refractivity contribution in [1.29, 1.82) is 0 Å². The third kappa shape index (κ3) is 2.52. The van der Waals surface area contributed by atoms with E-state index in [1.54, 1.807) is 0 Å². The van der Waals surface area contributed by atoms with Crippen LogP contribution in [0.4, 0.5) is 0 Å². The summed E-state index contributed by atoms with van der Waals surface area (Å²) in [5.74, 6) is 0. The van der Waals surface area contributed by atoms with Crippen LogP contribution in [0.25, 0.3) is 11.3 Å². The Kier molecular flexibility index (Phi) is 3.25. The standard InChI is InChI=1S/C15H17NS/c1-15(2,3)11-7-6-9-13(17)14(11)12-8-4-5-10-16-12/h4-10,17H,1-3H3. The van der Waals surface area contributed by atoms with Gasteiger partial charge in [-0.2, -0.15) is 0 Å². The molecule has 0 fully saturated rings. The van der Waals surface area contributed by atoms with E-state index in [1.165, 1.54) is 5.56 Å². The van der Waals surface area contributed by atoms with E-state index in [4.69, 9.17) is 0 Å². The molecule has 0 amide bonds. The Morgan fingerprint density at radius 3 is 2.35 bits per heavy atom. The first-order chi connectivity index (χ1) is 8.00. The Morgan fingerprint density at radius 1 is 1.00 bits per heavy atom. The first kappa shape index (κ1) is 12.2. The van der Waals surface area contributed by atoms with Crippen molar-refractivity contribution >= 4 is 12.6 Å². The highest BCUT2D eigenvalue weighted by atomic mass is 32.1. The van der Waals surface area contributed by atoms with Crippen molar-refractivity contribution in [2.75, 3.05) is 0 Å². The smallest absolute Gasteiger partial charge is 0.0716 e. The molecule has 1 heterocycles. The molecule has 0 bridgehead atoms. The van der Waals surface area contributed by atoms with Crippen LogP contribution in [-0.4, -0.2) is 4.98 Å². The molecule has 1 nitrogen and oxygen atoms in total. The highest BCUT2D eigenvalue weighted by molar-refractivity contribution is 7.80. The van der Waals surface area contributed by atoms with Crippen LogP contribution in [-0.2, 0) is 5.41 Å². The lowest BCUT2D eigenvalue weighted by Crippen LogP contribution is -2.13. The molecule has 0 saturated heterocycles. The second-order valence-corrected chi connectivity index (χ2v) is 5.65. The molecule has 0 saturated carbocycles. The Balaban J connectivity index is 2.69. The van der Waals surface area contributed by atoms with Crippen molar-refractivity contribution in [1.82, 2.24) is 4.98 Å². The second kappa shape index (κ2) is 4.53. The summed E-state index contributed by atoms with van der Waals surface area (Å²) in [4.78, 5) is 5.42. The average molecular weight is 243 g/mol. The van der Waals surface area contributed by atoms with Crippen LogP contribution in [0.3, 0.4) is 0 Å². The maximum absolute atomic E-state index is 4.57. The molecule has 2 aromatic rings. The van der Waals surface area contributed by atoms with E-state index in [1.807, 2.05) is 30.5 Å². The molecule has 1 aromatic heterocycles. The summed E-state index contributed by atoms with van der Waals surface area (Å²) in [5.41, 5.74) is 3.50. The van der Waals surface area contributed by atoms with E-state index >= 15 is 0 Å². The van der Waals surface area contributed by atoms with Crippen molar-refractivity contribution < 1.29 is 0 Å². The molecule has 2 rings (SSSR count). The van der Waals surface area contributed by atoms with Crippen LogP contribution in [0, 0.1) is 0 Å². The number of benzene rings is 1. The van der Waals surface area contributed by atoms with Crippen molar-refractivity contribution in [2.24, 2.45) is 0 Å². The fraction of sp³-hybridized carbons (Fsp3) is 0.267. The summed E-state index contributed by atoms with van der Waals surface area (Å²) in [5, 5.41) is 0. The van der Waals surface area contributed by atoms with Gasteiger partial charge in [-0.05, 0) is 29.2 Å². The van der Waals surface area contributed by atoms with Gasteiger partial charge in [0.25, 0.3) is 0 Å². The molecule has 0 aliphatic carbocycles. The number of pyridine rings is 1. The van der Waals surface area contributed by atoms with E-state index in [9.17, 15) is 0 Å². The van der Waals surface area contributed by atoms with Gasteiger partial charge >= 0.3 is 0 Å². The average Bonchev–Trinajstić information content (AvgIpc) is 2.28. The molecule has 2 heteroatoms. The maximum atomic E-state index is 4.57. The summed E-state index contributed by atoms with van der Waals surface area (Å²) in [6.07, 6.45) is 1.82. The molecular weight excluding hydrogens is 226 g/mol. The zero-order valence-corrected chi connectivity index (χ0v) is 11.3. The minimum Gasteiger partial charge on any atom is -0.256 e. The number of rotatable bonds is 1. The predicted molar refractivity (Wildman–Crippen MR) is 75.6 cm³/mol. The molecule has 0 spiro atoms. The van der Waals surface area contributed by atoms with E-state index in [0.717, 1.165) is 16.2 Å². The van der Waals surface area contributed by atoms with Crippen molar-refractivity contribution in [2.45, 2.75) is 31.1 Å². The molecule has 0 atom stereocenters. The van der Waals surface area contributed by atoms with E-state index in [2.05, 4.69) is 50.5 Å². The zero-order valence-electron chi connectivity index (χ0n) is 10.4. The Labute approximate surface area is 108 Å². The summed E-state index contributed by atoms with van der Waals surface area (Å²) in [7, 11) is 0. The van der Waals surface area contributed by atoms with Crippen molar-refractivity contribution in [3.63, 3.8) is 0 Å². The van der Waals surface area contributed by atoms with E-state index < -0.39 is 0 Å². The van der Waals surface area contributed by atoms with Gasteiger partial charge < -0.3 is 0 Å². The molecule has 0 radical (unpaired) electrons. The Morgan fingerprint density at radius 2 is 1.76 bits per heavy atom. The van der Waals surface area contributed by atoms with Gasteiger partial charge in [0.1, 0.15) is 0 Å². The summed E-state index contributed by atoms with van der Waals surface area (Å²) < 4.78 is 0. The van der Waals surface area contributed by atoms with Crippen molar-refractivity contribution in [3.05, 3.63) is 48.2 Å². The van der Waals surface area contributed by atoms with E-state index in [0.29, 0.717) is 0 Å². The van der Waals surface area contributed by atoms with Gasteiger partial charge in [0, 0.05) is 16.7 Å². The molecule has 0 N–H and O–H groups in total. The van der Waals surface area contributed by atoms with Gasteiger partial charge in [-0.1, -0.05) is 39.0 Å². The lowest BCUT2D eigenvalue weighted by Gasteiger charge is -2.23. The lowest BCUT2D eigenvalue weighted by atomic mass is 9.83. The van der Waals surface area contributed by atoms with Crippen molar-refractivity contribution in [3.8, 4) is 11.3 Å². The molecule has 17 heavy (non-hydrogen) atoms. The fourth-order valence-corrected chi connectivity index (χ4v) is 2.27. The zero-order chi connectivity index (χ0) is 12.5. The first-order valence-corrected chi connectivity index (χ1v) is 6.19. The van der Waals surface area contributed by atoms with Crippen LogP contribution in [0.5, 0.6) is 0 Å². The van der Waals surface area contributed by atoms with Gasteiger partial charge in [-0.15, -0.1) is 12.6 Å². The highest BCUT2D eigenvalue weighted by Crippen LogP contribution is 2.35. The number of nitrogens with zero attached hydrogens (tertiary/aromatic N) is 1. The summed E-state index contributed by atoms with van der Waals surface area (Å²) in [6.45, 7) is 6.63. The topological polar surface area (TPSA) is 12.9 Å². The summed E-state index contributed by atoms with van der Waals surface area (Å²) >= 11 is 4.57. The second-order valence-electron chi connectivity index (χ2n) is 5.16. The molecule has 88 valence electrons. The number of hydrogen-bond donors (Lipinski definition) is 1. The van der Waals surface area contributed by atoms with Gasteiger partial charge in [-0.3, -0.25) is 4.98 Å². The third-order valence-corrected chi connectivity index (χ3v) is 3.14. The molecule has 1 aromatic carbocycles. The third-order valence-electron chi connectivity index (χ3n) is 2.77. The minimum absolute atomic E-state index is 0.0889. The first-order valence-electron chi connectivity index (χ1n) is 5.74. The quantitative estimate of drug-likeness (QED) is 0.735. The van der Waals surface area contributed by atoms with Gasteiger partial charge in [0.05, 0.1) is 5.69 Å². The van der Waals surface area contributed by atoms with Gasteiger partial charge in [-0.25, -0.2) is 0 Å². The summed E-state index contributed by atoms with van der Waals surface area (Å²) in [6, 6.07) is 12.2. The van der Waals surface area contributed by atoms with Crippen LogP contribution in [0.2, 0.25) is 0 Å². The van der Waals surface area contributed by atoms with Gasteiger partial charge in [0.15, 0.2) is 0 Å². The van der Waals surface area contributed by atoms with Crippen LogP contribution < -0.4 is 0 Å². The SMILES string of the molecule is CC(C)(C)c1cccc(S)c1-c1ccccn1. The Hall–Kier alpha value is -1.28. The number of hydrogen-bond acceptors (Lipinski definition) is 2. The minimum atomic E-state index is 0.0889. The van der Waals surface area contributed by atoms with Crippen LogP contribution in [0.15, 0.2) is 47.5 Å². The lowest BCUT2D eigenvalue weighted by molar-refractivity contribution is 0.590. The number of aromatic nitrogens is 1. The molecule has 0 unspecified atom stereocenters. The van der Waals surface area contributed by atoms with Crippen LogP contribution in [0.1, 0.15) is 26.3 Å². The monoisotopic (exact) mass is 243 g/mol. The highest BCUT2D eigenvalue weighted by Gasteiger charge is 2.20. The normalized spacial score (nSPS) is 11.5. The fourth-order valence-electron chi connectivity index (χ4n) is 1.94. The Bertz CT molecular complexity index is 512. The van der Waals surface area contributed by atoms with E-state index in [-0.39, 0.29) is 5.41 Å². The molecule has 0 aliphatic heterocycles. The predicted octanol–water partition coefficient (Wildman–Crippen LogP) is 4.33. The molecule has 0 aliphatic rings. The van der Waals surface area contributed by atoms with Gasteiger partial charge in [0.2, 0.25) is 0 Å².